The second-order valence-corrected chi connectivity index (χ2v) is 9.24. The molecule has 3 rings (SSSR count). The molecule has 1 amide bonds. The van der Waals surface area contributed by atoms with E-state index >= 15 is 0 Å². The van der Waals surface area contributed by atoms with Crippen molar-refractivity contribution in [3.63, 3.8) is 0 Å². The number of rotatable bonds is 6. The van der Waals surface area contributed by atoms with Crippen LogP contribution in [0.2, 0.25) is 0 Å². The Hall–Kier alpha value is -2.23. The van der Waals surface area contributed by atoms with Gasteiger partial charge in [-0.15, -0.1) is 16.2 Å². The van der Waals surface area contributed by atoms with Gasteiger partial charge in [-0.05, 0) is 68.5 Å². The zero-order valence-electron chi connectivity index (χ0n) is 15.5. The summed E-state index contributed by atoms with van der Waals surface area (Å²) in [6.07, 6.45) is 5.34. The standard InChI is InChI=1S/C19H22N2O5S2/c1-2-26-19(23)13-8-10-15(11-9-13)28(24,25)21-20-18(22)17-12-14-6-4-3-5-7-16(14)27-17/h8-12,21H,2-7H2,1H3,(H,20,22). The Labute approximate surface area is 168 Å². The highest BCUT2D eigenvalue weighted by Gasteiger charge is 2.20. The molecule has 1 aliphatic carbocycles. The normalized spacial score (nSPS) is 14.0. The molecule has 0 fully saturated rings. The smallest absolute Gasteiger partial charge is 0.338 e. The summed E-state index contributed by atoms with van der Waals surface area (Å²) in [5, 5.41) is 0. The van der Waals surface area contributed by atoms with Gasteiger partial charge in [-0.1, -0.05) is 6.42 Å². The highest BCUT2D eigenvalue weighted by molar-refractivity contribution is 7.89. The first-order chi connectivity index (χ1) is 13.4. The first kappa shape index (κ1) is 20.5. The number of aryl methyl sites for hydroxylation is 2. The molecule has 0 bridgehead atoms. The summed E-state index contributed by atoms with van der Waals surface area (Å²) < 4.78 is 29.6. The van der Waals surface area contributed by atoms with E-state index in [4.69, 9.17) is 4.74 Å². The van der Waals surface area contributed by atoms with Crippen molar-refractivity contribution in [1.29, 1.82) is 0 Å². The van der Waals surface area contributed by atoms with Crippen molar-refractivity contribution in [3.8, 4) is 0 Å². The van der Waals surface area contributed by atoms with Gasteiger partial charge in [0.1, 0.15) is 0 Å². The zero-order chi connectivity index (χ0) is 20.1. The summed E-state index contributed by atoms with van der Waals surface area (Å²) in [5.41, 5.74) is 3.70. The molecule has 7 nitrogen and oxygen atoms in total. The first-order valence-corrected chi connectivity index (χ1v) is 11.4. The van der Waals surface area contributed by atoms with E-state index in [1.807, 2.05) is 6.07 Å². The molecule has 0 aliphatic heterocycles. The predicted octanol–water partition coefficient (Wildman–Crippen LogP) is 2.82. The molecule has 28 heavy (non-hydrogen) atoms. The topological polar surface area (TPSA) is 102 Å². The van der Waals surface area contributed by atoms with E-state index in [2.05, 4.69) is 10.3 Å². The molecule has 0 unspecified atom stereocenters. The molecule has 150 valence electrons. The van der Waals surface area contributed by atoms with Crippen molar-refractivity contribution in [3.05, 3.63) is 51.2 Å². The summed E-state index contributed by atoms with van der Waals surface area (Å²) >= 11 is 1.41. The van der Waals surface area contributed by atoms with Gasteiger partial charge < -0.3 is 4.74 Å². The molecule has 0 atom stereocenters. The maximum Gasteiger partial charge on any atom is 0.338 e. The number of fused-ring (bicyclic) bond motifs is 1. The summed E-state index contributed by atoms with van der Waals surface area (Å²) in [6.45, 7) is 1.92. The predicted molar refractivity (Wildman–Crippen MR) is 106 cm³/mol. The van der Waals surface area contributed by atoms with Gasteiger partial charge in [0.25, 0.3) is 15.9 Å². The van der Waals surface area contributed by atoms with Crippen molar-refractivity contribution in [2.24, 2.45) is 0 Å². The number of hydrogen-bond donors (Lipinski definition) is 2. The number of hydrazine groups is 1. The summed E-state index contributed by atoms with van der Waals surface area (Å²) in [5.74, 6) is -1.00. The molecular weight excluding hydrogens is 400 g/mol. The van der Waals surface area contributed by atoms with Crippen molar-refractivity contribution >= 4 is 33.2 Å². The Morgan fingerprint density at radius 1 is 1.11 bits per heavy atom. The highest BCUT2D eigenvalue weighted by Crippen LogP contribution is 2.28. The van der Waals surface area contributed by atoms with E-state index in [9.17, 15) is 18.0 Å². The van der Waals surface area contributed by atoms with Crippen LogP contribution in [0.5, 0.6) is 0 Å². The van der Waals surface area contributed by atoms with E-state index in [1.54, 1.807) is 6.92 Å². The minimum absolute atomic E-state index is 0.0668. The molecule has 1 aromatic heterocycles. The lowest BCUT2D eigenvalue weighted by Gasteiger charge is -2.08. The Bertz CT molecular complexity index is 941. The molecule has 2 aromatic rings. The average molecular weight is 423 g/mol. The fourth-order valence-corrected chi connectivity index (χ4v) is 4.99. The van der Waals surface area contributed by atoms with Crippen molar-refractivity contribution in [2.75, 3.05) is 6.61 Å². The molecule has 2 N–H and O–H groups in total. The molecule has 0 spiro atoms. The summed E-state index contributed by atoms with van der Waals surface area (Å²) in [6, 6.07) is 7.15. The third kappa shape index (κ3) is 4.78. The molecule has 1 aliphatic rings. The average Bonchev–Trinajstić information content (AvgIpc) is 2.97. The summed E-state index contributed by atoms with van der Waals surface area (Å²) in [4.78, 5) is 27.7. The number of amides is 1. The lowest BCUT2D eigenvalue weighted by atomic mass is 10.1. The lowest BCUT2D eigenvalue weighted by molar-refractivity contribution is 0.0526. The van der Waals surface area contributed by atoms with E-state index in [0.717, 1.165) is 25.7 Å². The second kappa shape index (κ2) is 8.85. The van der Waals surface area contributed by atoms with E-state index in [-0.39, 0.29) is 17.1 Å². The van der Waals surface area contributed by atoms with Gasteiger partial charge in [0.2, 0.25) is 0 Å². The van der Waals surface area contributed by atoms with Crippen molar-refractivity contribution < 1.29 is 22.7 Å². The van der Waals surface area contributed by atoms with Crippen LogP contribution in [0.15, 0.2) is 35.2 Å². The number of benzene rings is 1. The van der Waals surface area contributed by atoms with E-state index < -0.39 is 21.9 Å². The molecule has 0 saturated carbocycles. The number of esters is 1. The molecular formula is C19H22N2O5S2. The van der Waals surface area contributed by atoms with Crippen LogP contribution >= 0.6 is 11.3 Å². The summed E-state index contributed by atoms with van der Waals surface area (Å²) in [7, 11) is -3.96. The maximum absolute atomic E-state index is 12.4. The van der Waals surface area contributed by atoms with E-state index in [1.165, 1.54) is 52.5 Å². The van der Waals surface area contributed by atoms with Crippen LogP contribution in [0, 0.1) is 0 Å². The number of sulfonamides is 1. The fourth-order valence-electron chi connectivity index (χ4n) is 3.00. The van der Waals surface area contributed by atoms with Crippen LogP contribution in [0.3, 0.4) is 0 Å². The molecule has 9 heteroatoms. The van der Waals surface area contributed by atoms with Crippen LogP contribution in [-0.2, 0) is 27.6 Å². The Morgan fingerprint density at radius 2 is 1.82 bits per heavy atom. The van der Waals surface area contributed by atoms with Gasteiger partial charge in [0.15, 0.2) is 0 Å². The van der Waals surface area contributed by atoms with Gasteiger partial charge in [0.05, 0.1) is 21.9 Å². The number of hydrogen-bond acceptors (Lipinski definition) is 6. The number of thiophene rings is 1. The monoisotopic (exact) mass is 422 g/mol. The molecule has 1 heterocycles. The number of nitrogens with one attached hydrogen (secondary N) is 2. The third-order valence-corrected chi connectivity index (χ3v) is 6.94. The number of ether oxygens (including phenoxy) is 1. The quantitative estimate of drug-likeness (QED) is 0.423. The van der Waals surface area contributed by atoms with Crippen LogP contribution in [0.25, 0.3) is 0 Å². The minimum atomic E-state index is -3.96. The van der Waals surface area contributed by atoms with Crippen LogP contribution in [0.4, 0.5) is 0 Å². The van der Waals surface area contributed by atoms with Gasteiger partial charge in [-0.25, -0.2) is 13.2 Å². The second-order valence-electron chi connectivity index (χ2n) is 6.42. The Morgan fingerprint density at radius 3 is 2.54 bits per heavy atom. The Kier molecular flexibility index (Phi) is 6.48. The highest BCUT2D eigenvalue weighted by atomic mass is 32.2. The SMILES string of the molecule is CCOC(=O)c1ccc(S(=O)(=O)NNC(=O)c2cc3c(s2)CCCCC3)cc1. The fraction of sp³-hybridized carbons (Fsp3) is 0.368. The van der Waals surface area contributed by atoms with Crippen LogP contribution in [-0.4, -0.2) is 26.9 Å². The van der Waals surface area contributed by atoms with Gasteiger partial charge in [-0.3, -0.25) is 10.2 Å². The number of carbonyl (C=O) groups excluding carboxylic acids is 2. The van der Waals surface area contributed by atoms with Crippen molar-refractivity contribution in [1.82, 2.24) is 10.3 Å². The van der Waals surface area contributed by atoms with Crippen LogP contribution < -0.4 is 10.3 Å². The van der Waals surface area contributed by atoms with Gasteiger partial charge in [0, 0.05) is 4.88 Å². The van der Waals surface area contributed by atoms with Gasteiger partial charge >= 0.3 is 5.97 Å². The van der Waals surface area contributed by atoms with Gasteiger partial charge in [-0.2, -0.15) is 0 Å². The number of carbonyl (C=O) groups is 2. The van der Waals surface area contributed by atoms with E-state index in [0.29, 0.717) is 4.88 Å². The molecule has 1 aromatic carbocycles. The third-order valence-electron chi connectivity index (χ3n) is 4.45. The minimum Gasteiger partial charge on any atom is -0.462 e. The molecule has 0 saturated heterocycles. The Balaban J connectivity index is 1.64. The maximum atomic E-state index is 12.4. The van der Waals surface area contributed by atoms with Crippen LogP contribution in [0.1, 0.15) is 56.7 Å². The lowest BCUT2D eigenvalue weighted by Crippen LogP contribution is -2.41. The molecule has 0 radical (unpaired) electrons. The zero-order valence-corrected chi connectivity index (χ0v) is 17.1. The first-order valence-electron chi connectivity index (χ1n) is 9.11. The largest absolute Gasteiger partial charge is 0.462 e. The van der Waals surface area contributed by atoms with Crippen molar-refractivity contribution in [2.45, 2.75) is 43.9 Å².